The molecule has 0 saturated carbocycles. The van der Waals surface area contributed by atoms with Crippen LogP contribution in [0.2, 0.25) is 6.55 Å². The summed E-state index contributed by atoms with van der Waals surface area (Å²) < 4.78 is 8.30. The maximum atomic E-state index is 8.30. The van der Waals surface area contributed by atoms with Crippen LogP contribution in [0.4, 0.5) is 68.2 Å². The van der Waals surface area contributed by atoms with Gasteiger partial charge in [0.2, 0.25) is 0 Å². The second kappa shape index (κ2) is 16.6. The van der Waals surface area contributed by atoms with Crippen LogP contribution in [0, 0.1) is 0 Å². The van der Waals surface area contributed by atoms with Gasteiger partial charge in [0.25, 0.3) is 0 Å². The molecule has 0 amide bonds. The Morgan fingerprint density at radius 3 is 1.03 bits per heavy atom. The topological polar surface area (TPSA) is 22.2 Å². The third-order valence-electron chi connectivity index (χ3n) is 18.3. The molecule has 0 saturated heterocycles. The number of rotatable bonds is 8. The van der Waals surface area contributed by atoms with Crippen LogP contribution in [-0.2, 0) is 10.8 Å². The number of hydrogen-bond donors (Lipinski definition) is 0. The first-order valence-corrected chi connectivity index (χ1v) is 30.8. The van der Waals surface area contributed by atoms with Gasteiger partial charge >= 0.3 is 466 Å². The summed E-state index contributed by atoms with van der Waals surface area (Å²) in [6, 6.07) is 91.7. The van der Waals surface area contributed by atoms with Gasteiger partial charge in [0.15, 0.2) is 0 Å². The molecule has 380 valence electrons. The van der Waals surface area contributed by atoms with Crippen LogP contribution in [0.15, 0.2) is 249 Å². The van der Waals surface area contributed by atoms with Crippen molar-refractivity contribution in [1.29, 1.82) is 0 Å². The minimum atomic E-state index is -3.51. The van der Waals surface area contributed by atoms with Crippen LogP contribution < -0.4 is 39.9 Å². The van der Waals surface area contributed by atoms with Gasteiger partial charge in [-0.1, -0.05) is 0 Å². The Labute approximate surface area is 463 Å². The van der Waals surface area contributed by atoms with Gasteiger partial charge in [0, 0.05) is 0 Å². The molecule has 0 atom stereocenters. The molecule has 0 aromatic heterocycles. The fourth-order valence-electron chi connectivity index (χ4n) is 15.0. The van der Waals surface area contributed by atoms with Crippen LogP contribution in [0.1, 0.15) is 49.9 Å². The Kier molecular flexibility index (Phi) is 9.61. The number of hydrogen-bond acceptors (Lipinski definition) is 5. The van der Waals surface area contributed by atoms with Gasteiger partial charge in [-0.25, -0.2) is 0 Å². The third-order valence-corrected chi connectivity index (χ3v) is 23.5. The van der Waals surface area contributed by atoms with Gasteiger partial charge in [0.1, 0.15) is 0 Å². The van der Waals surface area contributed by atoms with Crippen molar-refractivity contribution >= 4 is 91.9 Å². The van der Waals surface area contributed by atoms with E-state index in [9.17, 15) is 0 Å². The van der Waals surface area contributed by atoms with Crippen molar-refractivity contribution in [2.75, 3.05) is 19.6 Å². The summed E-state index contributed by atoms with van der Waals surface area (Å²) in [6.07, 6.45) is 0. The van der Waals surface area contributed by atoms with E-state index in [0.717, 1.165) is 57.0 Å². The Morgan fingerprint density at radius 2 is 0.671 bits per heavy atom. The average molecular weight is 1030 g/mol. The summed E-state index contributed by atoms with van der Waals surface area (Å²) in [5, 5.41) is 4.21. The Balaban J connectivity index is 0.974. The Morgan fingerprint density at radius 1 is 0.329 bits per heavy atom. The van der Waals surface area contributed by atoms with Crippen molar-refractivity contribution in [2.45, 2.75) is 45.1 Å². The van der Waals surface area contributed by atoms with E-state index in [1.54, 1.807) is 0 Å². The molecular formula is C73H57N4OSi-. The van der Waals surface area contributed by atoms with Crippen molar-refractivity contribution in [3.8, 4) is 33.8 Å². The molecule has 11 aromatic rings. The van der Waals surface area contributed by atoms with E-state index < -0.39 is 18.9 Å². The summed E-state index contributed by atoms with van der Waals surface area (Å²) in [4.78, 5) is 9.91. The molecule has 16 rings (SSSR count). The number of anilines is 12. The molecule has 3 aliphatic heterocycles. The van der Waals surface area contributed by atoms with E-state index in [1.807, 2.05) is 0 Å². The van der Waals surface area contributed by atoms with Crippen LogP contribution in [-0.4, -0.2) is 8.07 Å². The standard InChI is InChI=1S/C73H57N4OSi/c1-72(2)59-43-53(74(47-25-12-6-13-26-47)48-27-14-7-15-28-48)39-41-55(59)57-45-63-70-67(65(57)72)78-68-66-58(56-42-40-54(44-60(56)73(66,3)4)75(49-29-16-8-17-30-49)50-31-18-9-19-32-50)46-64-71(68)79(70,5)69-61(76(63)51-33-20-10-21-34-51)37-24-38-62(69)77(64)52-35-22-11-23-36-52/h6-46,79H,1-5H3/q-1. The van der Waals surface area contributed by atoms with Crippen molar-refractivity contribution in [2.24, 2.45) is 0 Å². The summed E-state index contributed by atoms with van der Waals surface area (Å²) >= 11 is 0. The fraction of sp³-hybridized carbons (Fsp3) is 0.0959. The Bertz CT molecular complexity index is 3950. The van der Waals surface area contributed by atoms with E-state index in [1.165, 1.54) is 82.8 Å². The van der Waals surface area contributed by atoms with Crippen molar-refractivity contribution in [3.63, 3.8) is 0 Å². The number of fused-ring (bicyclic) bond motifs is 8. The molecular weight excluding hydrogens is 977 g/mol. The normalized spacial score (nSPS) is 15.7. The van der Waals surface area contributed by atoms with Gasteiger partial charge in [-0.2, -0.15) is 0 Å². The van der Waals surface area contributed by atoms with E-state index >= 15 is 0 Å². The van der Waals surface area contributed by atoms with Gasteiger partial charge in [0.05, 0.1) is 0 Å². The number of para-hydroxylation sites is 6. The first-order valence-electron chi connectivity index (χ1n) is 27.9. The first kappa shape index (κ1) is 45.8. The van der Waals surface area contributed by atoms with Crippen molar-refractivity contribution in [1.82, 2.24) is 0 Å². The second-order valence-electron chi connectivity index (χ2n) is 23.3. The van der Waals surface area contributed by atoms with Crippen LogP contribution >= 0.6 is 0 Å². The molecule has 6 heteroatoms. The predicted octanol–water partition coefficient (Wildman–Crippen LogP) is 17.7. The van der Waals surface area contributed by atoms with Crippen LogP contribution in [0.25, 0.3) is 22.3 Å². The second-order valence-corrected chi connectivity index (χ2v) is 27.6. The molecule has 0 radical (unpaired) electrons. The molecule has 0 unspecified atom stereocenters. The number of nitrogens with zero attached hydrogens (tertiary/aromatic N) is 4. The minimum absolute atomic E-state index is 0.439. The summed E-state index contributed by atoms with van der Waals surface area (Å²) in [5.41, 5.74) is 23.2. The molecule has 11 aromatic carbocycles. The molecule has 5 nitrogen and oxygen atoms in total. The molecule has 5 aliphatic rings. The molecule has 79 heavy (non-hydrogen) atoms. The third kappa shape index (κ3) is 6.26. The monoisotopic (exact) mass is 1030 g/mol. The van der Waals surface area contributed by atoms with Crippen molar-refractivity contribution < 1.29 is 4.74 Å². The fourth-order valence-corrected chi connectivity index (χ4v) is 20.6. The van der Waals surface area contributed by atoms with Crippen molar-refractivity contribution in [3.05, 3.63) is 271 Å². The number of benzene rings is 11. The summed E-state index contributed by atoms with van der Waals surface area (Å²) in [7, 11) is -3.51. The van der Waals surface area contributed by atoms with E-state index in [2.05, 4.69) is 303 Å². The molecule has 0 spiro atoms. The van der Waals surface area contributed by atoms with Gasteiger partial charge in [-0.05, 0) is 0 Å². The summed E-state index contributed by atoms with van der Waals surface area (Å²) in [5.74, 6) is 2.08. The van der Waals surface area contributed by atoms with Crippen LogP contribution in [0.3, 0.4) is 0 Å². The molecule has 2 aliphatic carbocycles. The van der Waals surface area contributed by atoms with Gasteiger partial charge in [-0.15, -0.1) is 0 Å². The van der Waals surface area contributed by atoms with Gasteiger partial charge in [-0.3, -0.25) is 0 Å². The van der Waals surface area contributed by atoms with Gasteiger partial charge < -0.3 is 0 Å². The molecule has 0 N–H and O–H groups in total. The maximum absolute atomic E-state index is 8.30. The Hall–Kier alpha value is -9.36. The molecule has 0 fully saturated rings. The molecule has 3 heterocycles. The van der Waals surface area contributed by atoms with E-state index in [-0.39, 0.29) is 0 Å². The van der Waals surface area contributed by atoms with Crippen LogP contribution in [0.5, 0.6) is 11.5 Å². The van der Waals surface area contributed by atoms with E-state index in [4.69, 9.17) is 4.74 Å². The zero-order valence-corrected chi connectivity index (χ0v) is 46.1. The summed E-state index contributed by atoms with van der Waals surface area (Å²) in [6.45, 7) is 12.4. The SMILES string of the molecule is CC1(C)c2cc(N(c3ccccc3)c3ccccc3)ccc2-c2cc3c4c(c21)Oc1c2c(cc5c1[SiH-]4(C)c1c(cccc1N5c1ccccc1)N3c1ccccc1)-c1ccc(N(c3ccccc3)c3ccccc3)cc1C2(C)C. The van der Waals surface area contributed by atoms with E-state index in [0.29, 0.717) is 0 Å². The predicted molar refractivity (Wildman–Crippen MR) is 332 cm³/mol. The molecule has 0 bridgehead atoms. The zero-order chi connectivity index (χ0) is 52.9. The number of ether oxygens (including phenoxy) is 1. The first-order chi connectivity index (χ1) is 38.6. The quantitative estimate of drug-likeness (QED) is 0.141. The zero-order valence-electron chi connectivity index (χ0n) is 44.9. The average Bonchev–Trinajstić information content (AvgIpc) is 4.04.